The van der Waals surface area contributed by atoms with Crippen molar-refractivity contribution < 1.29 is 14.4 Å². The van der Waals surface area contributed by atoms with E-state index in [1.165, 1.54) is 0 Å². The predicted octanol–water partition coefficient (Wildman–Crippen LogP) is 3.57. The van der Waals surface area contributed by atoms with Crippen LogP contribution in [0.15, 0.2) is 36.4 Å². The van der Waals surface area contributed by atoms with Crippen LogP contribution in [0.3, 0.4) is 0 Å². The van der Waals surface area contributed by atoms with Gasteiger partial charge in [0.1, 0.15) is 5.54 Å². The van der Waals surface area contributed by atoms with Gasteiger partial charge in [-0.05, 0) is 62.9 Å². The Morgan fingerprint density at radius 3 is 2.19 bits per heavy atom. The monoisotopic (exact) mass is 364 g/mol. The van der Waals surface area contributed by atoms with Crippen molar-refractivity contribution in [2.24, 2.45) is 0 Å². The summed E-state index contributed by atoms with van der Waals surface area (Å²) < 4.78 is 0. The largest absolute Gasteiger partial charge is 0.325 e. The van der Waals surface area contributed by atoms with Gasteiger partial charge in [0.2, 0.25) is 0 Å². The van der Waals surface area contributed by atoms with E-state index in [9.17, 15) is 14.4 Å². The minimum absolute atomic E-state index is 0.243. The van der Waals surface area contributed by atoms with Gasteiger partial charge in [-0.15, -0.1) is 0 Å². The Hall–Kier alpha value is -2.95. The molecule has 140 valence electrons. The average Bonchev–Trinajstić information content (AvgIpc) is 2.82. The lowest BCUT2D eigenvalue weighted by atomic mass is 9.91. The van der Waals surface area contributed by atoms with E-state index in [4.69, 9.17) is 0 Å². The second kappa shape index (κ2) is 6.65. The van der Waals surface area contributed by atoms with E-state index in [1.54, 1.807) is 6.92 Å². The standard InChI is InChI=1S/C22H24N2O3/c1-13-6-8-17(9-7-13)22(5)20(26)24(21(27)23-22)12-19(25)18-11-15(3)14(2)10-16(18)4/h6-11H,12H2,1-5H3,(H,23,27). The summed E-state index contributed by atoms with van der Waals surface area (Å²) in [6.07, 6.45) is 0. The van der Waals surface area contributed by atoms with E-state index in [1.807, 2.05) is 64.1 Å². The minimum Gasteiger partial charge on any atom is -0.319 e. The lowest BCUT2D eigenvalue weighted by molar-refractivity contribution is -0.130. The summed E-state index contributed by atoms with van der Waals surface area (Å²) >= 11 is 0. The van der Waals surface area contributed by atoms with E-state index >= 15 is 0 Å². The summed E-state index contributed by atoms with van der Waals surface area (Å²) in [6, 6.07) is 10.7. The van der Waals surface area contributed by atoms with Gasteiger partial charge in [-0.2, -0.15) is 0 Å². The number of benzene rings is 2. The summed E-state index contributed by atoms with van der Waals surface area (Å²) in [6.45, 7) is 9.15. The third kappa shape index (κ3) is 3.25. The molecule has 0 radical (unpaired) electrons. The highest BCUT2D eigenvalue weighted by molar-refractivity contribution is 6.11. The van der Waals surface area contributed by atoms with Crippen molar-refractivity contribution in [3.8, 4) is 0 Å². The first-order valence-electron chi connectivity index (χ1n) is 8.96. The molecule has 2 aromatic carbocycles. The van der Waals surface area contributed by atoms with Crippen LogP contribution in [-0.2, 0) is 10.3 Å². The molecule has 1 aliphatic heterocycles. The first-order valence-corrected chi connectivity index (χ1v) is 8.96. The molecule has 0 aromatic heterocycles. The zero-order valence-electron chi connectivity index (χ0n) is 16.3. The van der Waals surface area contributed by atoms with Crippen LogP contribution < -0.4 is 5.32 Å². The second-order valence-electron chi connectivity index (χ2n) is 7.49. The minimum atomic E-state index is -1.16. The van der Waals surface area contributed by atoms with Crippen LogP contribution in [0.5, 0.6) is 0 Å². The maximum absolute atomic E-state index is 13.0. The maximum Gasteiger partial charge on any atom is 0.325 e. The summed E-state index contributed by atoms with van der Waals surface area (Å²) in [5, 5.41) is 2.74. The average molecular weight is 364 g/mol. The number of hydrogen-bond acceptors (Lipinski definition) is 3. The van der Waals surface area contributed by atoms with Gasteiger partial charge in [-0.25, -0.2) is 4.79 Å². The fraction of sp³-hybridized carbons (Fsp3) is 0.318. The van der Waals surface area contributed by atoms with Crippen molar-refractivity contribution in [2.75, 3.05) is 6.54 Å². The lowest BCUT2D eigenvalue weighted by Crippen LogP contribution is -2.41. The zero-order chi connectivity index (χ0) is 19.9. The van der Waals surface area contributed by atoms with E-state index in [0.717, 1.165) is 27.2 Å². The number of aryl methyl sites for hydroxylation is 4. The Balaban J connectivity index is 1.87. The Morgan fingerprint density at radius 1 is 0.963 bits per heavy atom. The van der Waals surface area contributed by atoms with Gasteiger partial charge in [0.25, 0.3) is 5.91 Å². The molecule has 0 spiro atoms. The molecule has 1 saturated heterocycles. The first-order chi connectivity index (χ1) is 12.6. The van der Waals surface area contributed by atoms with Gasteiger partial charge in [-0.1, -0.05) is 35.9 Å². The first kappa shape index (κ1) is 18.8. The molecule has 1 heterocycles. The molecule has 2 aromatic rings. The number of nitrogens with one attached hydrogen (secondary N) is 1. The number of nitrogens with zero attached hydrogens (tertiary/aromatic N) is 1. The van der Waals surface area contributed by atoms with Gasteiger partial charge in [0.05, 0.1) is 6.54 Å². The third-order valence-electron chi connectivity index (χ3n) is 5.35. The maximum atomic E-state index is 13.0. The van der Waals surface area contributed by atoms with Crippen LogP contribution in [0.1, 0.15) is 45.1 Å². The van der Waals surface area contributed by atoms with Crippen LogP contribution in [0.2, 0.25) is 0 Å². The van der Waals surface area contributed by atoms with Gasteiger partial charge in [0, 0.05) is 5.56 Å². The molecular formula is C22H24N2O3. The number of Topliss-reactive ketones (excluding diaryl/α,β-unsaturated/α-hetero) is 1. The van der Waals surface area contributed by atoms with E-state index in [2.05, 4.69) is 5.32 Å². The van der Waals surface area contributed by atoms with Crippen molar-refractivity contribution >= 4 is 17.7 Å². The van der Waals surface area contributed by atoms with Gasteiger partial charge in [0.15, 0.2) is 5.78 Å². The molecule has 3 rings (SSSR count). The highest BCUT2D eigenvalue weighted by atomic mass is 16.2. The van der Waals surface area contributed by atoms with Crippen LogP contribution >= 0.6 is 0 Å². The molecule has 3 amide bonds. The lowest BCUT2D eigenvalue weighted by Gasteiger charge is -2.22. The SMILES string of the molecule is Cc1ccc(C2(C)NC(=O)N(CC(=O)c3cc(C)c(C)cc3C)C2=O)cc1. The second-order valence-corrected chi connectivity index (χ2v) is 7.49. The summed E-state index contributed by atoms with van der Waals surface area (Å²) in [5.41, 5.74) is 4.10. The number of carbonyl (C=O) groups excluding carboxylic acids is 3. The van der Waals surface area contributed by atoms with Crippen molar-refractivity contribution in [3.63, 3.8) is 0 Å². The van der Waals surface area contributed by atoms with Gasteiger partial charge in [-0.3, -0.25) is 14.5 Å². The molecule has 1 atom stereocenters. The van der Waals surface area contributed by atoms with Crippen LogP contribution in [-0.4, -0.2) is 29.2 Å². The Labute approximate surface area is 159 Å². The number of hydrogen-bond donors (Lipinski definition) is 1. The van der Waals surface area contributed by atoms with E-state index < -0.39 is 17.5 Å². The Kier molecular flexibility index (Phi) is 4.64. The number of rotatable bonds is 4. The van der Waals surface area contributed by atoms with Crippen molar-refractivity contribution in [3.05, 3.63) is 69.8 Å². The molecule has 1 fully saturated rings. The molecule has 0 aliphatic carbocycles. The number of imide groups is 1. The van der Waals surface area contributed by atoms with Crippen LogP contribution in [0.4, 0.5) is 4.79 Å². The molecule has 1 N–H and O–H groups in total. The third-order valence-corrected chi connectivity index (χ3v) is 5.35. The molecule has 1 unspecified atom stereocenters. The number of carbonyl (C=O) groups is 3. The molecule has 1 aliphatic rings. The predicted molar refractivity (Wildman–Crippen MR) is 104 cm³/mol. The van der Waals surface area contributed by atoms with Crippen LogP contribution in [0.25, 0.3) is 0 Å². The molecular weight excluding hydrogens is 340 g/mol. The summed E-state index contributed by atoms with van der Waals surface area (Å²) in [5.74, 6) is -0.654. The Bertz CT molecular complexity index is 947. The van der Waals surface area contributed by atoms with Gasteiger partial charge < -0.3 is 5.32 Å². The molecule has 0 saturated carbocycles. The fourth-order valence-corrected chi connectivity index (χ4v) is 3.41. The molecule has 0 bridgehead atoms. The van der Waals surface area contributed by atoms with Crippen molar-refractivity contribution in [1.29, 1.82) is 0 Å². The molecule has 5 nitrogen and oxygen atoms in total. The number of urea groups is 1. The summed E-state index contributed by atoms with van der Waals surface area (Å²) in [4.78, 5) is 39.2. The Morgan fingerprint density at radius 2 is 1.56 bits per heavy atom. The fourth-order valence-electron chi connectivity index (χ4n) is 3.41. The smallest absolute Gasteiger partial charge is 0.319 e. The van der Waals surface area contributed by atoms with Gasteiger partial charge >= 0.3 is 6.03 Å². The summed E-state index contributed by atoms with van der Waals surface area (Å²) in [7, 11) is 0. The number of ketones is 1. The highest BCUT2D eigenvalue weighted by Gasteiger charge is 2.49. The van der Waals surface area contributed by atoms with Crippen LogP contribution in [0, 0.1) is 27.7 Å². The molecule has 5 heteroatoms. The normalized spacial score (nSPS) is 19.4. The number of amides is 3. The molecule has 27 heavy (non-hydrogen) atoms. The van der Waals surface area contributed by atoms with Crippen molar-refractivity contribution in [1.82, 2.24) is 10.2 Å². The van der Waals surface area contributed by atoms with Crippen molar-refractivity contribution in [2.45, 2.75) is 40.2 Å². The topological polar surface area (TPSA) is 66.5 Å². The van der Waals surface area contributed by atoms with E-state index in [0.29, 0.717) is 11.1 Å². The quantitative estimate of drug-likeness (QED) is 0.666. The highest BCUT2D eigenvalue weighted by Crippen LogP contribution is 2.29. The zero-order valence-corrected chi connectivity index (χ0v) is 16.3. The van der Waals surface area contributed by atoms with E-state index in [-0.39, 0.29) is 12.3 Å².